The largest absolute Gasteiger partial charge is 0.507 e. The van der Waals surface area contributed by atoms with Crippen LogP contribution < -0.4 is 0 Å². The molecule has 0 bridgehead atoms. The van der Waals surface area contributed by atoms with Gasteiger partial charge in [-0.1, -0.05) is 12.1 Å². The number of benzene rings is 1. The molecule has 1 unspecified atom stereocenters. The minimum absolute atomic E-state index is 0.0352. The van der Waals surface area contributed by atoms with Crippen LogP contribution in [0.5, 0.6) is 5.75 Å². The van der Waals surface area contributed by atoms with Crippen molar-refractivity contribution in [3.05, 3.63) is 29.8 Å². The van der Waals surface area contributed by atoms with E-state index in [0.717, 1.165) is 19.4 Å². The Hall–Kier alpha value is -1.59. The summed E-state index contributed by atoms with van der Waals surface area (Å²) in [5.74, 6) is 0.139. The number of amides is 1. The number of hydrogen-bond acceptors (Lipinski definition) is 4. The third-order valence-electron chi connectivity index (χ3n) is 3.91. The summed E-state index contributed by atoms with van der Waals surface area (Å²) in [6, 6.07) is 6.67. The summed E-state index contributed by atoms with van der Waals surface area (Å²) in [4.78, 5) is 14.3. The Morgan fingerprint density at radius 1 is 1.25 bits per heavy atom. The highest BCUT2D eigenvalue weighted by Crippen LogP contribution is 2.27. The van der Waals surface area contributed by atoms with E-state index in [4.69, 9.17) is 9.47 Å². The van der Waals surface area contributed by atoms with Gasteiger partial charge in [0.25, 0.3) is 5.91 Å². The molecular formula is C15H19NO4. The summed E-state index contributed by atoms with van der Waals surface area (Å²) in [6.45, 7) is 2.61. The third-order valence-corrected chi connectivity index (χ3v) is 3.91. The topological polar surface area (TPSA) is 59.0 Å². The number of nitrogens with zero attached hydrogens (tertiary/aromatic N) is 1. The van der Waals surface area contributed by atoms with Crippen LogP contribution >= 0.6 is 0 Å². The van der Waals surface area contributed by atoms with E-state index in [0.29, 0.717) is 25.3 Å². The van der Waals surface area contributed by atoms with Gasteiger partial charge in [-0.05, 0) is 25.0 Å². The van der Waals surface area contributed by atoms with Crippen LogP contribution in [-0.2, 0) is 9.47 Å². The number of hydrogen-bond donors (Lipinski definition) is 1. The maximum atomic E-state index is 12.5. The molecule has 2 aliphatic rings. The van der Waals surface area contributed by atoms with E-state index in [9.17, 15) is 9.90 Å². The lowest BCUT2D eigenvalue weighted by atomic mass is 9.96. The molecule has 2 saturated heterocycles. The van der Waals surface area contributed by atoms with Crippen molar-refractivity contribution in [1.29, 1.82) is 0 Å². The van der Waals surface area contributed by atoms with Crippen LogP contribution in [0.3, 0.4) is 0 Å². The van der Waals surface area contributed by atoms with Crippen molar-refractivity contribution < 1.29 is 19.4 Å². The Labute approximate surface area is 118 Å². The molecule has 1 amide bonds. The van der Waals surface area contributed by atoms with E-state index >= 15 is 0 Å². The summed E-state index contributed by atoms with van der Waals surface area (Å²) in [7, 11) is 0. The molecule has 1 atom stereocenters. The molecule has 2 aliphatic heterocycles. The van der Waals surface area contributed by atoms with E-state index in [1.807, 2.05) is 0 Å². The van der Waals surface area contributed by atoms with E-state index in [2.05, 4.69) is 0 Å². The molecule has 20 heavy (non-hydrogen) atoms. The Morgan fingerprint density at radius 3 is 2.75 bits per heavy atom. The van der Waals surface area contributed by atoms with Crippen LogP contribution in [0, 0.1) is 5.92 Å². The van der Waals surface area contributed by atoms with Gasteiger partial charge < -0.3 is 19.5 Å². The standard InChI is InChI=1S/C15H19NO4/c17-13-6-2-1-5-12(13)14(18)16-7-3-4-11(10-16)15-19-8-9-20-15/h1-2,5-6,11,15,17H,3-4,7-10H2. The average Bonchev–Trinajstić information content (AvgIpc) is 3.01. The van der Waals surface area contributed by atoms with Gasteiger partial charge in [0.15, 0.2) is 6.29 Å². The zero-order valence-corrected chi connectivity index (χ0v) is 11.3. The quantitative estimate of drug-likeness (QED) is 0.892. The highest BCUT2D eigenvalue weighted by molar-refractivity contribution is 5.96. The Balaban J connectivity index is 1.70. The highest BCUT2D eigenvalue weighted by Gasteiger charge is 2.33. The molecule has 5 nitrogen and oxygen atoms in total. The SMILES string of the molecule is O=C(c1ccccc1O)N1CCCC(C2OCCO2)C1. The second-order valence-corrected chi connectivity index (χ2v) is 5.28. The van der Waals surface area contributed by atoms with Gasteiger partial charge in [0.05, 0.1) is 18.8 Å². The zero-order valence-electron chi connectivity index (χ0n) is 11.3. The van der Waals surface area contributed by atoms with Crippen LogP contribution in [0.4, 0.5) is 0 Å². The van der Waals surface area contributed by atoms with Crippen molar-refractivity contribution in [1.82, 2.24) is 4.90 Å². The van der Waals surface area contributed by atoms with Gasteiger partial charge >= 0.3 is 0 Å². The molecule has 2 heterocycles. The van der Waals surface area contributed by atoms with Gasteiger partial charge in [0.2, 0.25) is 0 Å². The number of likely N-dealkylation sites (tertiary alicyclic amines) is 1. The van der Waals surface area contributed by atoms with Gasteiger partial charge in [0, 0.05) is 19.0 Å². The molecule has 0 spiro atoms. The summed E-state index contributed by atoms with van der Waals surface area (Å²) in [5, 5.41) is 9.79. The Morgan fingerprint density at radius 2 is 2.00 bits per heavy atom. The minimum Gasteiger partial charge on any atom is -0.507 e. The number of para-hydroxylation sites is 1. The van der Waals surface area contributed by atoms with E-state index in [1.54, 1.807) is 23.1 Å². The Kier molecular flexibility index (Phi) is 3.89. The fraction of sp³-hybridized carbons (Fsp3) is 0.533. The van der Waals surface area contributed by atoms with Gasteiger partial charge in [-0.15, -0.1) is 0 Å². The van der Waals surface area contributed by atoms with E-state index < -0.39 is 0 Å². The predicted molar refractivity (Wildman–Crippen MR) is 72.4 cm³/mol. The van der Waals surface area contributed by atoms with Crippen molar-refractivity contribution in [3.63, 3.8) is 0 Å². The molecule has 0 radical (unpaired) electrons. The van der Waals surface area contributed by atoms with Gasteiger partial charge in [-0.25, -0.2) is 0 Å². The van der Waals surface area contributed by atoms with Crippen LogP contribution in [0.15, 0.2) is 24.3 Å². The van der Waals surface area contributed by atoms with Crippen molar-refractivity contribution in [2.75, 3.05) is 26.3 Å². The van der Waals surface area contributed by atoms with Crippen LogP contribution in [0.25, 0.3) is 0 Å². The molecule has 0 aliphatic carbocycles. The molecule has 2 fully saturated rings. The molecule has 3 rings (SSSR count). The maximum absolute atomic E-state index is 12.5. The van der Waals surface area contributed by atoms with Crippen molar-refractivity contribution in [2.45, 2.75) is 19.1 Å². The van der Waals surface area contributed by atoms with Crippen LogP contribution in [-0.4, -0.2) is 48.5 Å². The fourth-order valence-corrected chi connectivity index (χ4v) is 2.89. The number of carbonyl (C=O) groups is 1. The first-order chi connectivity index (χ1) is 9.75. The van der Waals surface area contributed by atoms with E-state index in [1.165, 1.54) is 6.07 Å². The molecule has 0 saturated carbocycles. The van der Waals surface area contributed by atoms with Crippen molar-refractivity contribution >= 4 is 5.91 Å². The number of phenols is 1. The molecule has 5 heteroatoms. The second kappa shape index (κ2) is 5.81. The average molecular weight is 277 g/mol. The predicted octanol–water partition coefficient (Wildman–Crippen LogP) is 1.62. The third kappa shape index (κ3) is 2.64. The number of aromatic hydroxyl groups is 1. The van der Waals surface area contributed by atoms with Gasteiger partial charge in [0.1, 0.15) is 5.75 Å². The monoisotopic (exact) mass is 277 g/mol. The Bertz CT molecular complexity index is 485. The van der Waals surface area contributed by atoms with Crippen LogP contribution in [0.2, 0.25) is 0 Å². The van der Waals surface area contributed by atoms with Crippen molar-refractivity contribution in [2.24, 2.45) is 5.92 Å². The lowest BCUT2D eigenvalue weighted by Crippen LogP contribution is -2.43. The first-order valence-electron chi connectivity index (χ1n) is 7.06. The van der Waals surface area contributed by atoms with Crippen LogP contribution in [0.1, 0.15) is 23.2 Å². The number of phenolic OH excluding ortho intramolecular Hbond substituents is 1. The number of rotatable bonds is 2. The van der Waals surface area contributed by atoms with Gasteiger partial charge in [-0.3, -0.25) is 4.79 Å². The molecule has 1 aromatic rings. The summed E-state index contributed by atoms with van der Waals surface area (Å²) < 4.78 is 11.1. The van der Waals surface area contributed by atoms with E-state index in [-0.39, 0.29) is 23.9 Å². The summed E-state index contributed by atoms with van der Waals surface area (Å²) in [5.41, 5.74) is 0.362. The first-order valence-corrected chi connectivity index (χ1v) is 7.06. The van der Waals surface area contributed by atoms with Crippen molar-refractivity contribution in [3.8, 4) is 5.75 Å². The number of piperidine rings is 1. The molecular weight excluding hydrogens is 258 g/mol. The normalized spacial score (nSPS) is 24.0. The minimum atomic E-state index is -0.185. The molecule has 1 aromatic carbocycles. The second-order valence-electron chi connectivity index (χ2n) is 5.28. The lowest BCUT2D eigenvalue weighted by molar-refractivity contribution is -0.0969. The fourth-order valence-electron chi connectivity index (χ4n) is 2.89. The van der Waals surface area contributed by atoms with Gasteiger partial charge in [-0.2, -0.15) is 0 Å². The summed E-state index contributed by atoms with van der Waals surface area (Å²) >= 11 is 0. The first kappa shape index (κ1) is 13.4. The number of carbonyl (C=O) groups excluding carboxylic acids is 1. The zero-order chi connectivity index (χ0) is 13.9. The molecule has 0 aromatic heterocycles. The highest BCUT2D eigenvalue weighted by atomic mass is 16.7. The number of ether oxygens (including phenoxy) is 2. The summed E-state index contributed by atoms with van der Waals surface area (Å²) in [6.07, 6.45) is 1.76. The maximum Gasteiger partial charge on any atom is 0.257 e. The molecule has 1 N–H and O–H groups in total. The smallest absolute Gasteiger partial charge is 0.257 e. The molecule has 108 valence electrons. The lowest BCUT2D eigenvalue weighted by Gasteiger charge is -2.34.